The number of nitrogens with zero attached hydrogens (tertiary/aromatic N) is 1. The van der Waals surface area contributed by atoms with Gasteiger partial charge in [-0.25, -0.2) is 0 Å². The Bertz CT molecular complexity index is 1020. The molecule has 5 nitrogen and oxygen atoms in total. The van der Waals surface area contributed by atoms with Crippen LogP contribution in [0.15, 0.2) is 72.8 Å². The maximum Gasteiger partial charge on any atom is 0.161 e. The summed E-state index contributed by atoms with van der Waals surface area (Å²) in [7, 11) is 3.40. The summed E-state index contributed by atoms with van der Waals surface area (Å²) in [4.78, 5) is 2.58. The Morgan fingerprint density at radius 1 is 0.735 bits per heavy atom. The van der Waals surface area contributed by atoms with Gasteiger partial charge >= 0.3 is 0 Å². The Kier molecular flexibility index (Phi) is 8.45. The van der Waals surface area contributed by atoms with Crippen LogP contribution in [-0.2, 0) is 19.7 Å². The molecule has 0 spiro atoms. The van der Waals surface area contributed by atoms with Crippen molar-refractivity contribution in [2.24, 2.45) is 5.73 Å². The quantitative estimate of drug-likeness (QED) is 0.430. The minimum atomic E-state index is 0.334. The molecule has 2 N–H and O–H groups in total. The zero-order valence-corrected chi connectivity index (χ0v) is 20.3. The number of rotatable bonds is 10. The predicted octanol–water partition coefficient (Wildman–Crippen LogP) is 5.55. The van der Waals surface area contributed by atoms with Crippen molar-refractivity contribution in [3.05, 3.63) is 89.5 Å². The summed E-state index contributed by atoms with van der Waals surface area (Å²) in [5.41, 5.74) is 9.83. The molecule has 0 radical (unpaired) electrons. The van der Waals surface area contributed by atoms with Gasteiger partial charge in [0.2, 0.25) is 0 Å². The van der Waals surface area contributed by atoms with E-state index in [2.05, 4.69) is 41.3 Å². The monoisotopic (exact) mass is 460 g/mol. The Morgan fingerprint density at radius 2 is 1.41 bits per heavy atom. The second-order valence-corrected chi connectivity index (χ2v) is 9.08. The zero-order valence-electron chi connectivity index (χ0n) is 20.3. The normalized spacial score (nSPS) is 18.0. The first kappa shape index (κ1) is 24.1. The second-order valence-electron chi connectivity index (χ2n) is 9.08. The van der Waals surface area contributed by atoms with Crippen molar-refractivity contribution >= 4 is 0 Å². The molecule has 34 heavy (non-hydrogen) atoms. The van der Waals surface area contributed by atoms with E-state index in [1.165, 1.54) is 11.1 Å². The molecule has 0 bridgehead atoms. The first-order valence-corrected chi connectivity index (χ1v) is 12.1. The molecule has 0 unspecified atom stereocenters. The van der Waals surface area contributed by atoms with Gasteiger partial charge in [0.1, 0.15) is 12.4 Å². The zero-order chi connectivity index (χ0) is 23.8. The van der Waals surface area contributed by atoms with Crippen LogP contribution in [0.25, 0.3) is 0 Å². The number of hydrogen-bond acceptors (Lipinski definition) is 5. The van der Waals surface area contributed by atoms with Crippen LogP contribution < -0.4 is 19.9 Å². The molecule has 1 fully saturated rings. The van der Waals surface area contributed by atoms with Crippen LogP contribution in [0.3, 0.4) is 0 Å². The summed E-state index contributed by atoms with van der Waals surface area (Å²) in [5, 5.41) is 0. The molecule has 3 aromatic carbocycles. The summed E-state index contributed by atoms with van der Waals surface area (Å²) in [6.07, 6.45) is 4.43. The van der Waals surface area contributed by atoms with Crippen LogP contribution >= 0.6 is 0 Å². The Balaban J connectivity index is 1.48. The van der Waals surface area contributed by atoms with E-state index in [-0.39, 0.29) is 0 Å². The van der Waals surface area contributed by atoms with Gasteiger partial charge in [0.15, 0.2) is 11.5 Å². The SMILES string of the molecule is COc1ccc(CN(Cc2ccc(OCc3ccccc3)c(OC)c2)C2CCC(N)CC2)cc1. The van der Waals surface area contributed by atoms with E-state index in [0.717, 1.165) is 61.6 Å². The molecule has 0 heterocycles. The van der Waals surface area contributed by atoms with Crippen molar-refractivity contribution in [2.45, 2.75) is 57.5 Å². The Hall–Kier alpha value is -3.02. The van der Waals surface area contributed by atoms with E-state index in [0.29, 0.717) is 18.7 Å². The maximum atomic E-state index is 6.20. The highest BCUT2D eigenvalue weighted by atomic mass is 16.5. The van der Waals surface area contributed by atoms with Crippen LogP contribution in [0.5, 0.6) is 17.2 Å². The van der Waals surface area contributed by atoms with E-state index >= 15 is 0 Å². The van der Waals surface area contributed by atoms with Gasteiger partial charge in [-0.15, -0.1) is 0 Å². The first-order chi connectivity index (χ1) is 16.6. The highest BCUT2D eigenvalue weighted by Gasteiger charge is 2.25. The largest absolute Gasteiger partial charge is 0.497 e. The molecule has 5 heteroatoms. The van der Waals surface area contributed by atoms with Gasteiger partial charge in [-0.2, -0.15) is 0 Å². The third-order valence-electron chi connectivity index (χ3n) is 6.65. The lowest BCUT2D eigenvalue weighted by Gasteiger charge is -2.36. The maximum absolute atomic E-state index is 6.20. The van der Waals surface area contributed by atoms with Gasteiger partial charge in [0, 0.05) is 25.2 Å². The fraction of sp³-hybridized carbons (Fsp3) is 0.379. The van der Waals surface area contributed by atoms with Crippen LogP contribution in [0.1, 0.15) is 42.4 Å². The Labute approximate surface area is 203 Å². The predicted molar refractivity (Wildman–Crippen MR) is 136 cm³/mol. The topological polar surface area (TPSA) is 57.0 Å². The van der Waals surface area contributed by atoms with E-state index < -0.39 is 0 Å². The van der Waals surface area contributed by atoms with Crippen LogP contribution in [0.2, 0.25) is 0 Å². The molecule has 3 aromatic rings. The van der Waals surface area contributed by atoms with E-state index in [1.807, 2.05) is 36.4 Å². The molecule has 0 aliphatic heterocycles. The molecule has 0 saturated heterocycles. The van der Waals surface area contributed by atoms with Gasteiger partial charge in [0.25, 0.3) is 0 Å². The third kappa shape index (κ3) is 6.52. The van der Waals surface area contributed by atoms with Crippen molar-refractivity contribution in [2.75, 3.05) is 14.2 Å². The van der Waals surface area contributed by atoms with Crippen molar-refractivity contribution in [1.29, 1.82) is 0 Å². The summed E-state index contributed by atoms with van der Waals surface area (Å²) < 4.78 is 17.1. The summed E-state index contributed by atoms with van der Waals surface area (Å²) in [5.74, 6) is 2.42. The molecule has 0 aromatic heterocycles. The number of methoxy groups -OCH3 is 2. The first-order valence-electron chi connectivity index (χ1n) is 12.1. The molecular formula is C29H36N2O3. The molecule has 0 atom stereocenters. The average Bonchev–Trinajstić information content (AvgIpc) is 2.89. The van der Waals surface area contributed by atoms with E-state index in [1.54, 1.807) is 14.2 Å². The van der Waals surface area contributed by atoms with Gasteiger partial charge in [-0.3, -0.25) is 4.90 Å². The van der Waals surface area contributed by atoms with Gasteiger partial charge < -0.3 is 19.9 Å². The molecule has 180 valence electrons. The number of nitrogens with two attached hydrogens (primary N) is 1. The fourth-order valence-corrected chi connectivity index (χ4v) is 4.65. The van der Waals surface area contributed by atoms with Crippen LogP contribution in [0.4, 0.5) is 0 Å². The highest BCUT2D eigenvalue weighted by molar-refractivity contribution is 5.43. The van der Waals surface area contributed by atoms with Crippen LogP contribution in [0, 0.1) is 0 Å². The molecule has 0 amide bonds. The minimum absolute atomic E-state index is 0.334. The van der Waals surface area contributed by atoms with E-state index in [4.69, 9.17) is 19.9 Å². The van der Waals surface area contributed by atoms with Crippen molar-refractivity contribution in [3.8, 4) is 17.2 Å². The van der Waals surface area contributed by atoms with Crippen molar-refractivity contribution < 1.29 is 14.2 Å². The fourth-order valence-electron chi connectivity index (χ4n) is 4.65. The lowest BCUT2D eigenvalue weighted by atomic mass is 9.90. The van der Waals surface area contributed by atoms with Crippen molar-refractivity contribution in [3.63, 3.8) is 0 Å². The lowest BCUT2D eigenvalue weighted by molar-refractivity contribution is 0.134. The van der Waals surface area contributed by atoms with E-state index in [9.17, 15) is 0 Å². The molecular weight excluding hydrogens is 424 g/mol. The summed E-state index contributed by atoms with van der Waals surface area (Å²) in [6, 6.07) is 25.7. The summed E-state index contributed by atoms with van der Waals surface area (Å²) in [6.45, 7) is 2.25. The van der Waals surface area contributed by atoms with Gasteiger partial charge in [-0.05, 0) is 66.6 Å². The molecule has 4 rings (SSSR count). The highest BCUT2D eigenvalue weighted by Crippen LogP contribution is 2.31. The molecule has 1 aliphatic rings. The molecule has 1 saturated carbocycles. The number of benzene rings is 3. The van der Waals surface area contributed by atoms with Gasteiger partial charge in [0.05, 0.1) is 14.2 Å². The third-order valence-corrected chi connectivity index (χ3v) is 6.65. The van der Waals surface area contributed by atoms with Gasteiger partial charge in [-0.1, -0.05) is 48.5 Å². The van der Waals surface area contributed by atoms with Crippen LogP contribution in [-0.4, -0.2) is 31.2 Å². The number of ether oxygens (including phenoxy) is 3. The molecule has 1 aliphatic carbocycles. The lowest BCUT2D eigenvalue weighted by Crippen LogP contribution is -2.40. The second kappa shape index (κ2) is 11.9. The minimum Gasteiger partial charge on any atom is -0.497 e. The number of hydrogen-bond donors (Lipinski definition) is 1. The summed E-state index contributed by atoms with van der Waals surface area (Å²) >= 11 is 0. The van der Waals surface area contributed by atoms with Crippen molar-refractivity contribution in [1.82, 2.24) is 4.90 Å². The average molecular weight is 461 g/mol. The smallest absolute Gasteiger partial charge is 0.161 e. The Morgan fingerprint density at radius 3 is 2.09 bits per heavy atom. The standard InChI is InChI=1S/C29H36N2O3/c1-32-27-15-8-22(9-16-27)19-31(26-13-11-25(30)12-14-26)20-24-10-17-28(29(18-24)33-2)34-21-23-6-4-3-5-7-23/h3-10,15-18,25-26H,11-14,19-21,30H2,1-2H3.